The predicted molar refractivity (Wildman–Crippen MR) is 178 cm³/mol. The minimum absolute atomic E-state index is 0.216. The molecule has 3 atom stereocenters. The normalized spacial score (nSPS) is 18.8. The van der Waals surface area contributed by atoms with Crippen molar-refractivity contribution in [3.05, 3.63) is 107 Å². The van der Waals surface area contributed by atoms with Crippen LogP contribution in [0.4, 0.5) is 11.4 Å². The fourth-order valence-corrected chi connectivity index (χ4v) is 8.94. The van der Waals surface area contributed by atoms with Gasteiger partial charge in [0.1, 0.15) is 11.8 Å². The van der Waals surface area contributed by atoms with Gasteiger partial charge >= 0.3 is 10.8 Å². The van der Waals surface area contributed by atoms with E-state index in [1.54, 1.807) is 19.1 Å². The van der Waals surface area contributed by atoms with Crippen molar-refractivity contribution >= 4 is 97.3 Å². The highest BCUT2D eigenvalue weighted by molar-refractivity contribution is 9.10. The molecule has 2 unspecified atom stereocenters. The molecule has 1 fully saturated rings. The largest absolute Gasteiger partial charge is 0.462 e. The van der Waals surface area contributed by atoms with Crippen LogP contribution in [0, 0.1) is 5.92 Å². The highest BCUT2D eigenvalue weighted by Crippen LogP contribution is 2.54. The smallest absolute Gasteiger partial charge is 0.338 e. The van der Waals surface area contributed by atoms with Crippen LogP contribution < -0.4 is 15.1 Å². The van der Waals surface area contributed by atoms with E-state index in [0.29, 0.717) is 31.9 Å². The van der Waals surface area contributed by atoms with E-state index >= 15 is 0 Å². The molecule has 1 saturated heterocycles. The number of thiazole rings is 1. The molecule has 1 N–H and O–H groups in total. The number of hydrogen-bond donors (Lipinski definition) is 1. The summed E-state index contributed by atoms with van der Waals surface area (Å²) in [7, 11) is 0. The van der Waals surface area contributed by atoms with Crippen LogP contribution in [0.15, 0.2) is 81.0 Å². The molecule has 9 nitrogen and oxygen atoms in total. The number of carbonyl (C=O) groups excluding carboxylic acids is 4. The molecule has 1 aromatic heterocycles. The van der Waals surface area contributed by atoms with Gasteiger partial charge in [0.2, 0.25) is 17.7 Å². The van der Waals surface area contributed by atoms with Gasteiger partial charge in [0.15, 0.2) is 0 Å². The first-order chi connectivity index (χ1) is 21.6. The first-order valence-electron chi connectivity index (χ1n) is 13.6. The van der Waals surface area contributed by atoms with Gasteiger partial charge in [-0.3, -0.25) is 23.7 Å². The number of aromatic nitrogens is 1. The van der Waals surface area contributed by atoms with Gasteiger partial charge in [-0.15, -0.1) is 0 Å². The van der Waals surface area contributed by atoms with Crippen molar-refractivity contribution in [1.82, 2.24) is 4.57 Å². The van der Waals surface area contributed by atoms with Crippen LogP contribution in [0.5, 0.6) is 0 Å². The molecule has 3 amide bonds. The lowest BCUT2D eigenvalue weighted by Gasteiger charge is -2.30. The van der Waals surface area contributed by atoms with Crippen LogP contribution in [0.25, 0.3) is 0 Å². The van der Waals surface area contributed by atoms with E-state index in [0.717, 1.165) is 38.0 Å². The number of thioether (sulfide) groups is 1. The Bertz CT molecular complexity index is 1930. The maximum Gasteiger partial charge on any atom is 0.338 e. The Hall–Kier alpha value is -3.42. The first-order valence-corrected chi connectivity index (χ1v) is 16.9. The van der Waals surface area contributed by atoms with E-state index in [1.165, 1.54) is 34.9 Å². The van der Waals surface area contributed by atoms with Gasteiger partial charge in [0.05, 0.1) is 38.8 Å². The minimum atomic E-state index is -0.864. The number of halogens is 3. The molecule has 230 valence electrons. The molecule has 14 heteroatoms. The molecule has 6 rings (SSSR count). The number of nitrogens with zero attached hydrogens (tertiary/aromatic N) is 2. The Balaban J connectivity index is 1.37. The highest BCUT2D eigenvalue weighted by atomic mass is 79.9. The van der Waals surface area contributed by atoms with Crippen molar-refractivity contribution in [2.24, 2.45) is 5.92 Å². The SMILES string of the molecule is CCOC(=O)c1ccc(N2C(=O)C3Sc4c(sc(=O)n4CC(=O)Nc4ccc(Cl)c(Cl)c4)[C@H](c4cccc(Br)c4)C3C2=O)cc1. The molecule has 2 aliphatic heterocycles. The zero-order chi connectivity index (χ0) is 32.0. The lowest BCUT2D eigenvalue weighted by atomic mass is 9.83. The summed E-state index contributed by atoms with van der Waals surface area (Å²) >= 11 is 17.6. The van der Waals surface area contributed by atoms with Gasteiger partial charge in [-0.1, -0.05) is 74.4 Å². The lowest BCUT2D eigenvalue weighted by Crippen LogP contribution is -2.33. The van der Waals surface area contributed by atoms with E-state index in [9.17, 15) is 24.0 Å². The Morgan fingerprint density at radius 1 is 0.978 bits per heavy atom. The van der Waals surface area contributed by atoms with Crippen molar-refractivity contribution in [3.8, 4) is 0 Å². The van der Waals surface area contributed by atoms with E-state index in [2.05, 4.69) is 21.2 Å². The van der Waals surface area contributed by atoms with Crippen molar-refractivity contribution in [3.63, 3.8) is 0 Å². The number of nitrogens with one attached hydrogen (secondary N) is 1. The second-order valence-electron chi connectivity index (χ2n) is 10.2. The zero-order valence-electron chi connectivity index (χ0n) is 23.3. The molecule has 45 heavy (non-hydrogen) atoms. The Morgan fingerprint density at radius 2 is 1.73 bits per heavy atom. The van der Waals surface area contributed by atoms with Crippen molar-refractivity contribution in [2.45, 2.75) is 29.7 Å². The number of fused-ring (bicyclic) bond motifs is 2. The molecule has 3 aromatic carbocycles. The molecule has 0 saturated carbocycles. The summed E-state index contributed by atoms with van der Waals surface area (Å²) in [5, 5.41) is 2.93. The van der Waals surface area contributed by atoms with E-state index in [-0.39, 0.29) is 23.0 Å². The molecular weight excluding hydrogens is 725 g/mol. The summed E-state index contributed by atoms with van der Waals surface area (Å²) in [6, 6.07) is 18.1. The third-order valence-electron chi connectivity index (χ3n) is 7.40. The summed E-state index contributed by atoms with van der Waals surface area (Å²) < 4.78 is 7.15. The Kier molecular flexibility index (Phi) is 8.95. The summed E-state index contributed by atoms with van der Waals surface area (Å²) in [6.07, 6.45) is 0. The van der Waals surface area contributed by atoms with Crippen molar-refractivity contribution in [2.75, 3.05) is 16.8 Å². The lowest BCUT2D eigenvalue weighted by molar-refractivity contribution is -0.122. The summed E-state index contributed by atoms with van der Waals surface area (Å²) in [6.45, 7) is 1.60. The molecule has 4 aromatic rings. The van der Waals surface area contributed by atoms with Crippen LogP contribution in [0.1, 0.15) is 33.6 Å². The Labute approximate surface area is 283 Å². The second-order valence-corrected chi connectivity index (χ2v) is 14.0. The van der Waals surface area contributed by atoms with Gasteiger partial charge in [0, 0.05) is 21.0 Å². The summed E-state index contributed by atoms with van der Waals surface area (Å²) in [4.78, 5) is 68.0. The number of imide groups is 1. The Morgan fingerprint density at radius 3 is 2.42 bits per heavy atom. The monoisotopic (exact) mass is 745 g/mol. The molecule has 0 aliphatic carbocycles. The number of rotatable bonds is 7. The summed E-state index contributed by atoms with van der Waals surface area (Å²) in [5.41, 5.74) is 1.77. The number of benzene rings is 3. The number of ether oxygens (including phenoxy) is 1. The van der Waals surface area contributed by atoms with Crippen LogP contribution >= 0.6 is 62.2 Å². The van der Waals surface area contributed by atoms with Crippen LogP contribution in [-0.2, 0) is 25.7 Å². The molecular formula is C31H22BrCl2N3O6S2. The minimum Gasteiger partial charge on any atom is -0.462 e. The quantitative estimate of drug-likeness (QED) is 0.168. The number of hydrogen-bond acceptors (Lipinski definition) is 8. The highest BCUT2D eigenvalue weighted by Gasteiger charge is 2.56. The van der Waals surface area contributed by atoms with Gasteiger partial charge in [-0.2, -0.15) is 0 Å². The molecule has 2 aliphatic rings. The average Bonchev–Trinajstić information content (AvgIpc) is 3.45. The third-order valence-corrected chi connectivity index (χ3v) is 11.2. The van der Waals surface area contributed by atoms with E-state index in [4.69, 9.17) is 27.9 Å². The van der Waals surface area contributed by atoms with Gasteiger partial charge in [-0.25, -0.2) is 9.69 Å². The van der Waals surface area contributed by atoms with Crippen LogP contribution in [-0.4, -0.2) is 40.1 Å². The first kappa shape index (κ1) is 31.6. The predicted octanol–water partition coefficient (Wildman–Crippen LogP) is 6.59. The van der Waals surface area contributed by atoms with Gasteiger partial charge in [0.25, 0.3) is 0 Å². The van der Waals surface area contributed by atoms with E-state index < -0.39 is 40.8 Å². The second kappa shape index (κ2) is 12.8. The van der Waals surface area contributed by atoms with Gasteiger partial charge in [-0.05, 0) is 67.1 Å². The fourth-order valence-electron chi connectivity index (χ4n) is 5.45. The standard InChI is InChI=1S/C31H22BrCl2N3O6S2/c1-2-43-30(41)15-6-9-19(10-7-15)37-27(39)24-23(16-4-3-5-17(32)12-16)26-29(44-25(24)28(37)40)36(31(42)45-26)14-22(38)35-18-8-11-20(33)21(34)13-18/h3-13,23-25H,2,14H2,1H3,(H,35,38)/t23-,24?,25?/m1/s1. The number of esters is 1. The van der Waals surface area contributed by atoms with Gasteiger partial charge < -0.3 is 10.1 Å². The molecule has 0 radical (unpaired) electrons. The van der Waals surface area contributed by atoms with Crippen molar-refractivity contribution in [1.29, 1.82) is 0 Å². The maximum atomic E-state index is 14.1. The number of carbonyl (C=O) groups is 4. The zero-order valence-corrected chi connectivity index (χ0v) is 28.0. The van der Waals surface area contributed by atoms with Crippen LogP contribution in [0.3, 0.4) is 0 Å². The molecule has 0 bridgehead atoms. The number of anilines is 2. The summed E-state index contributed by atoms with van der Waals surface area (Å²) in [5.74, 6) is -3.29. The maximum absolute atomic E-state index is 14.1. The topological polar surface area (TPSA) is 115 Å². The molecule has 3 heterocycles. The number of amides is 3. The van der Waals surface area contributed by atoms with Crippen molar-refractivity contribution < 1.29 is 23.9 Å². The van der Waals surface area contributed by atoms with E-state index in [1.807, 2.05) is 24.3 Å². The van der Waals surface area contributed by atoms with Crippen LogP contribution in [0.2, 0.25) is 10.0 Å². The molecule has 0 spiro atoms. The fraction of sp³-hybridized carbons (Fsp3) is 0.194. The third kappa shape index (κ3) is 5.97. The average molecular weight is 747 g/mol.